The number of carbonyl (C=O) groups excluding carboxylic acids is 1. The van der Waals surface area contributed by atoms with Gasteiger partial charge in [0.1, 0.15) is 11.9 Å². The average molecular weight is 319 g/mol. The number of ether oxygens (including phenoxy) is 2. The van der Waals surface area contributed by atoms with Gasteiger partial charge < -0.3 is 19.5 Å². The van der Waals surface area contributed by atoms with Crippen molar-refractivity contribution in [3.63, 3.8) is 0 Å². The molecule has 1 aliphatic carbocycles. The highest BCUT2D eigenvalue weighted by Crippen LogP contribution is 2.28. The van der Waals surface area contributed by atoms with E-state index < -0.39 is 0 Å². The Balaban J connectivity index is 1.56. The van der Waals surface area contributed by atoms with Crippen LogP contribution in [0.2, 0.25) is 0 Å². The van der Waals surface area contributed by atoms with Crippen molar-refractivity contribution in [3.05, 3.63) is 29.8 Å². The standard InChI is InChI=1S/C18H25NO4/c1-19(11-13-8-15(20)9-13)18(21)10-14-4-2-3-5-17(14)23-16-6-7-22-12-16/h2-5,13,15-16,20H,6-12H2,1H3. The highest BCUT2D eigenvalue weighted by molar-refractivity contribution is 5.79. The molecule has 1 saturated carbocycles. The van der Waals surface area contributed by atoms with Crippen LogP contribution in [0.5, 0.6) is 5.75 Å². The van der Waals surface area contributed by atoms with Crippen LogP contribution in [0.25, 0.3) is 0 Å². The van der Waals surface area contributed by atoms with Crippen LogP contribution in [-0.4, -0.2) is 54.9 Å². The summed E-state index contributed by atoms with van der Waals surface area (Å²) in [5, 5.41) is 9.35. The summed E-state index contributed by atoms with van der Waals surface area (Å²) in [5.41, 5.74) is 0.921. The van der Waals surface area contributed by atoms with Crippen LogP contribution >= 0.6 is 0 Å². The lowest BCUT2D eigenvalue weighted by atomic mass is 9.82. The third-order valence-electron chi connectivity index (χ3n) is 4.66. The second kappa shape index (κ2) is 7.32. The predicted octanol–water partition coefficient (Wildman–Crippen LogP) is 1.63. The van der Waals surface area contributed by atoms with Gasteiger partial charge in [-0.05, 0) is 24.8 Å². The molecule has 1 atom stereocenters. The van der Waals surface area contributed by atoms with Crippen LogP contribution in [0.1, 0.15) is 24.8 Å². The summed E-state index contributed by atoms with van der Waals surface area (Å²) in [7, 11) is 1.83. The van der Waals surface area contributed by atoms with E-state index in [4.69, 9.17) is 9.47 Å². The number of rotatable bonds is 6. The van der Waals surface area contributed by atoms with E-state index >= 15 is 0 Å². The lowest BCUT2D eigenvalue weighted by Gasteiger charge is -2.34. The summed E-state index contributed by atoms with van der Waals surface area (Å²) >= 11 is 0. The summed E-state index contributed by atoms with van der Waals surface area (Å²) < 4.78 is 11.3. The van der Waals surface area contributed by atoms with E-state index in [-0.39, 0.29) is 18.1 Å². The Morgan fingerprint density at radius 1 is 1.39 bits per heavy atom. The number of aliphatic hydroxyl groups is 1. The number of likely N-dealkylation sites (N-methyl/N-ethyl adjacent to an activating group) is 1. The molecule has 2 aliphatic rings. The summed E-state index contributed by atoms with van der Waals surface area (Å²) in [6.07, 6.45) is 2.76. The maximum atomic E-state index is 12.4. The fourth-order valence-electron chi connectivity index (χ4n) is 3.19. The lowest BCUT2D eigenvalue weighted by Crippen LogP contribution is -2.40. The van der Waals surface area contributed by atoms with Crippen molar-refractivity contribution in [1.82, 2.24) is 4.90 Å². The molecule has 1 amide bonds. The first-order valence-corrected chi connectivity index (χ1v) is 8.36. The Morgan fingerprint density at radius 2 is 2.17 bits per heavy atom. The molecule has 5 heteroatoms. The molecule has 1 aliphatic heterocycles. The number of amides is 1. The molecule has 0 bridgehead atoms. The van der Waals surface area contributed by atoms with Gasteiger partial charge in [-0.25, -0.2) is 0 Å². The molecule has 23 heavy (non-hydrogen) atoms. The van der Waals surface area contributed by atoms with Gasteiger partial charge in [-0.15, -0.1) is 0 Å². The molecule has 126 valence electrons. The molecule has 2 fully saturated rings. The zero-order chi connectivity index (χ0) is 16.2. The number of hydrogen-bond acceptors (Lipinski definition) is 4. The van der Waals surface area contributed by atoms with Crippen LogP contribution in [0.15, 0.2) is 24.3 Å². The molecule has 1 N–H and O–H groups in total. The van der Waals surface area contributed by atoms with E-state index in [1.165, 1.54) is 0 Å². The van der Waals surface area contributed by atoms with E-state index in [0.717, 1.165) is 43.7 Å². The minimum absolute atomic E-state index is 0.0837. The molecular weight excluding hydrogens is 294 g/mol. The Morgan fingerprint density at radius 3 is 2.87 bits per heavy atom. The van der Waals surface area contributed by atoms with Crippen LogP contribution in [0.3, 0.4) is 0 Å². The van der Waals surface area contributed by atoms with Crippen molar-refractivity contribution in [2.24, 2.45) is 5.92 Å². The SMILES string of the molecule is CN(CC1CC(O)C1)C(=O)Cc1ccccc1OC1CCOC1. The largest absolute Gasteiger partial charge is 0.488 e. The minimum Gasteiger partial charge on any atom is -0.488 e. The average Bonchev–Trinajstić information content (AvgIpc) is 3.00. The van der Waals surface area contributed by atoms with E-state index in [1.54, 1.807) is 4.90 Å². The minimum atomic E-state index is -0.175. The van der Waals surface area contributed by atoms with Crippen molar-refractivity contribution in [3.8, 4) is 5.75 Å². The first kappa shape index (κ1) is 16.3. The summed E-state index contributed by atoms with van der Waals surface area (Å²) in [4.78, 5) is 14.2. The lowest BCUT2D eigenvalue weighted by molar-refractivity contribution is -0.130. The molecule has 1 unspecified atom stereocenters. The zero-order valence-electron chi connectivity index (χ0n) is 13.6. The Hall–Kier alpha value is -1.59. The number of hydrogen-bond donors (Lipinski definition) is 1. The van der Waals surface area contributed by atoms with E-state index in [0.29, 0.717) is 18.9 Å². The molecule has 0 aromatic heterocycles. The quantitative estimate of drug-likeness (QED) is 0.866. The number of aliphatic hydroxyl groups excluding tert-OH is 1. The second-order valence-corrected chi connectivity index (χ2v) is 6.65. The topological polar surface area (TPSA) is 59.0 Å². The number of carbonyl (C=O) groups is 1. The maximum Gasteiger partial charge on any atom is 0.226 e. The van der Waals surface area contributed by atoms with Crippen molar-refractivity contribution in [2.75, 3.05) is 26.8 Å². The third-order valence-corrected chi connectivity index (χ3v) is 4.66. The number of para-hydroxylation sites is 1. The molecule has 0 spiro atoms. The monoisotopic (exact) mass is 319 g/mol. The van der Waals surface area contributed by atoms with Gasteiger partial charge in [0, 0.05) is 25.6 Å². The summed E-state index contributed by atoms with van der Waals surface area (Å²) in [5.74, 6) is 1.30. The molecule has 5 nitrogen and oxygen atoms in total. The molecule has 1 aromatic rings. The first-order valence-electron chi connectivity index (χ1n) is 8.36. The van der Waals surface area contributed by atoms with Gasteiger partial charge in [-0.1, -0.05) is 18.2 Å². The van der Waals surface area contributed by atoms with Gasteiger partial charge in [-0.2, -0.15) is 0 Å². The Labute approximate surface area is 137 Å². The second-order valence-electron chi connectivity index (χ2n) is 6.65. The predicted molar refractivity (Wildman–Crippen MR) is 86.4 cm³/mol. The van der Waals surface area contributed by atoms with Crippen molar-refractivity contribution >= 4 is 5.91 Å². The van der Waals surface area contributed by atoms with E-state index in [2.05, 4.69) is 0 Å². The maximum absolute atomic E-state index is 12.4. The Bertz CT molecular complexity index is 536. The summed E-state index contributed by atoms with van der Waals surface area (Å²) in [6, 6.07) is 7.73. The zero-order valence-corrected chi connectivity index (χ0v) is 13.6. The van der Waals surface area contributed by atoms with Gasteiger partial charge in [0.25, 0.3) is 0 Å². The molecule has 1 aromatic carbocycles. The van der Waals surface area contributed by atoms with Crippen molar-refractivity contribution in [1.29, 1.82) is 0 Å². The van der Waals surface area contributed by atoms with E-state index in [9.17, 15) is 9.90 Å². The highest BCUT2D eigenvalue weighted by Gasteiger charge is 2.29. The molecule has 3 rings (SSSR count). The molecule has 0 radical (unpaired) electrons. The molecule has 1 saturated heterocycles. The molecule has 1 heterocycles. The first-order chi connectivity index (χ1) is 11.1. The number of nitrogens with zero attached hydrogens (tertiary/aromatic N) is 1. The summed E-state index contributed by atoms with van der Waals surface area (Å²) in [6.45, 7) is 2.07. The van der Waals surface area contributed by atoms with Gasteiger partial charge >= 0.3 is 0 Å². The smallest absolute Gasteiger partial charge is 0.226 e. The van der Waals surface area contributed by atoms with Crippen LogP contribution in [-0.2, 0) is 16.0 Å². The normalized spacial score (nSPS) is 26.6. The third kappa shape index (κ3) is 4.24. The fourth-order valence-corrected chi connectivity index (χ4v) is 3.19. The van der Waals surface area contributed by atoms with Crippen LogP contribution in [0, 0.1) is 5.92 Å². The Kier molecular flexibility index (Phi) is 5.18. The number of benzene rings is 1. The van der Waals surface area contributed by atoms with Gasteiger partial charge in [0.2, 0.25) is 5.91 Å². The van der Waals surface area contributed by atoms with Crippen LogP contribution in [0.4, 0.5) is 0 Å². The van der Waals surface area contributed by atoms with Gasteiger partial charge in [-0.3, -0.25) is 4.79 Å². The van der Waals surface area contributed by atoms with Gasteiger partial charge in [0.15, 0.2) is 0 Å². The highest BCUT2D eigenvalue weighted by atomic mass is 16.5. The van der Waals surface area contributed by atoms with Crippen molar-refractivity contribution < 1.29 is 19.4 Å². The molecular formula is C18H25NO4. The van der Waals surface area contributed by atoms with Crippen LogP contribution < -0.4 is 4.74 Å². The van der Waals surface area contributed by atoms with Gasteiger partial charge in [0.05, 0.1) is 25.7 Å². The van der Waals surface area contributed by atoms with E-state index in [1.807, 2.05) is 31.3 Å². The van der Waals surface area contributed by atoms with Crippen molar-refractivity contribution in [2.45, 2.75) is 37.9 Å². The fraction of sp³-hybridized carbons (Fsp3) is 0.611.